The van der Waals surface area contributed by atoms with Gasteiger partial charge in [0.1, 0.15) is 11.6 Å². The van der Waals surface area contributed by atoms with Crippen LogP contribution in [0.15, 0.2) is 0 Å². The fourth-order valence-corrected chi connectivity index (χ4v) is 3.78. The molecule has 6 nitrogen and oxygen atoms in total. The van der Waals surface area contributed by atoms with Crippen molar-refractivity contribution in [3.63, 3.8) is 0 Å². The Kier molecular flexibility index (Phi) is 2.79. The number of imidazole rings is 1. The Morgan fingerprint density at radius 3 is 2.88 bits per heavy atom. The highest BCUT2D eigenvalue weighted by Gasteiger charge is 2.27. The van der Waals surface area contributed by atoms with E-state index in [4.69, 9.17) is 5.73 Å². The van der Waals surface area contributed by atoms with Gasteiger partial charge in [-0.05, 0) is 19.3 Å². The highest BCUT2D eigenvalue weighted by atomic mass is 32.2. The van der Waals surface area contributed by atoms with Gasteiger partial charge in [-0.15, -0.1) is 0 Å². The van der Waals surface area contributed by atoms with Crippen LogP contribution in [0.3, 0.4) is 0 Å². The summed E-state index contributed by atoms with van der Waals surface area (Å²) in [5.41, 5.74) is 5.68. The molecule has 1 saturated heterocycles. The van der Waals surface area contributed by atoms with Gasteiger partial charge in [0, 0.05) is 6.54 Å². The number of aromatic nitrogens is 2. The molecule has 7 heteroatoms. The number of hydrogen-bond donors (Lipinski definition) is 3. The van der Waals surface area contributed by atoms with Crippen molar-refractivity contribution in [3.05, 3.63) is 5.82 Å². The molecular weight excluding hydrogens is 228 g/mol. The van der Waals surface area contributed by atoms with Crippen LogP contribution in [0.4, 0.5) is 11.6 Å². The number of rotatable bonds is 3. The number of anilines is 2. The van der Waals surface area contributed by atoms with Gasteiger partial charge in [-0.2, -0.15) is 0 Å². The Bertz CT molecular complexity index is 480. The van der Waals surface area contributed by atoms with Gasteiger partial charge in [-0.1, -0.05) is 0 Å². The van der Waals surface area contributed by atoms with Crippen molar-refractivity contribution >= 4 is 21.5 Å². The molecule has 1 unspecified atom stereocenters. The van der Waals surface area contributed by atoms with Gasteiger partial charge in [0.25, 0.3) is 0 Å². The van der Waals surface area contributed by atoms with E-state index in [9.17, 15) is 8.42 Å². The molecule has 0 aliphatic carbocycles. The van der Waals surface area contributed by atoms with Crippen LogP contribution in [-0.2, 0) is 9.84 Å². The summed E-state index contributed by atoms with van der Waals surface area (Å²) in [6.07, 6.45) is 0.721. The molecule has 1 atom stereocenters. The van der Waals surface area contributed by atoms with Crippen molar-refractivity contribution in [3.8, 4) is 0 Å². The Labute approximate surface area is 94.6 Å². The molecule has 4 N–H and O–H groups in total. The summed E-state index contributed by atoms with van der Waals surface area (Å²) in [6.45, 7) is 2.43. The lowest BCUT2D eigenvalue weighted by atomic mass is 10.1. The van der Waals surface area contributed by atoms with E-state index in [1.807, 2.05) is 6.92 Å². The van der Waals surface area contributed by atoms with E-state index in [-0.39, 0.29) is 11.7 Å². The van der Waals surface area contributed by atoms with Crippen LogP contribution in [0.2, 0.25) is 0 Å². The largest absolute Gasteiger partial charge is 0.382 e. The minimum atomic E-state index is -2.80. The molecule has 0 bridgehead atoms. The number of hydrogen-bond acceptors (Lipinski definition) is 5. The molecule has 0 amide bonds. The fraction of sp³-hybridized carbons (Fsp3) is 0.667. The Morgan fingerprint density at radius 2 is 2.38 bits per heavy atom. The van der Waals surface area contributed by atoms with Crippen molar-refractivity contribution in [1.29, 1.82) is 0 Å². The second kappa shape index (κ2) is 3.97. The SMILES string of the molecule is Cc1nc(NCC2CCS(=O)(=O)C2)c(N)[nH]1. The average Bonchev–Trinajstić information content (AvgIpc) is 2.66. The third-order valence-corrected chi connectivity index (χ3v) is 4.57. The molecule has 16 heavy (non-hydrogen) atoms. The van der Waals surface area contributed by atoms with E-state index >= 15 is 0 Å². The molecule has 1 aromatic heterocycles. The molecule has 2 heterocycles. The summed E-state index contributed by atoms with van der Waals surface area (Å²) in [6, 6.07) is 0. The number of nitrogens with one attached hydrogen (secondary N) is 2. The van der Waals surface area contributed by atoms with Crippen molar-refractivity contribution in [2.75, 3.05) is 29.1 Å². The highest BCUT2D eigenvalue weighted by molar-refractivity contribution is 7.91. The van der Waals surface area contributed by atoms with Gasteiger partial charge < -0.3 is 16.0 Å². The number of aromatic amines is 1. The number of nitrogen functional groups attached to an aromatic ring is 1. The maximum absolute atomic E-state index is 11.2. The fourth-order valence-electron chi connectivity index (χ4n) is 1.92. The third kappa shape index (κ3) is 2.46. The van der Waals surface area contributed by atoms with E-state index in [0.717, 1.165) is 12.2 Å². The van der Waals surface area contributed by atoms with Gasteiger partial charge in [-0.25, -0.2) is 13.4 Å². The van der Waals surface area contributed by atoms with Crippen molar-refractivity contribution in [2.45, 2.75) is 13.3 Å². The van der Waals surface area contributed by atoms with Crippen LogP contribution >= 0.6 is 0 Å². The normalized spacial score (nSPS) is 23.4. The molecule has 0 radical (unpaired) electrons. The van der Waals surface area contributed by atoms with Gasteiger partial charge in [0.15, 0.2) is 15.7 Å². The second-order valence-electron chi connectivity index (χ2n) is 4.23. The van der Waals surface area contributed by atoms with Crippen LogP contribution in [-0.4, -0.2) is 36.4 Å². The quantitative estimate of drug-likeness (QED) is 0.702. The number of nitrogens with zero attached hydrogens (tertiary/aromatic N) is 1. The maximum Gasteiger partial charge on any atom is 0.168 e. The first-order valence-electron chi connectivity index (χ1n) is 5.22. The zero-order valence-corrected chi connectivity index (χ0v) is 9.97. The van der Waals surface area contributed by atoms with E-state index < -0.39 is 9.84 Å². The molecule has 1 aliphatic rings. The molecule has 1 aromatic rings. The predicted molar refractivity (Wildman–Crippen MR) is 63.0 cm³/mol. The first kappa shape index (κ1) is 11.3. The molecule has 2 rings (SSSR count). The lowest BCUT2D eigenvalue weighted by molar-refractivity contribution is 0.596. The molecular formula is C9H16N4O2S. The Balaban J connectivity index is 1.91. The van der Waals surface area contributed by atoms with Crippen LogP contribution in [0, 0.1) is 12.8 Å². The minimum Gasteiger partial charge on any atom is -0.382 e. The molecule has 90 valence electrons. The van der Waals surface area contributed by atoms with Crippen LogP contribution in [0.25, 0.3) is 0 Å². The summed E-state index contributed by atoms with van der Waals surface area (Å²) in [4.78, 5) is 7.05. The zero-order chi connectivity index (χ0) is 11.8. The zero-order valence-electron chi connectivity index (χ0n) is 9.16. The lowest BCUT2D eigenvalue weighted by Crippen LogP contribution is -2.16. The van der Waals surface area contributed by atoms with Crippen LogP contribution in [0.1, 0.15) is 12.2 Å². The smallest absolute Gasteiger partial charge is 0.168 e. The Hall–Kier alpha value is -1.24. The molecule has 0 aromatic carbocycles. The number of nitrogens with two attached hydrogens (primary N) is 1. The summed E-state index contributed by atoms with van der Waals surface area (Å²) in [5, 5.41) is 3.08. The standard InChI is InChI=1S/C9H16N4O2S/c1-6-12-8(10)9(13-6)11-4-7-2-3-16(14,15)5-7/h7,11H,2-5,10H2,1H3,(H,12,13). The van der Waals surface area contributed by atoms with Crippen molar-refractivity contribution in [2.24, 2.45) is 5.92 Å². The number of aryl methyl sites for hydroxylation is 1. The lowest BCUT2D eigenvalue weighted by Gasteiger charge is -2.08. The summed E-state index contributed by atoms with van der Waals surface area (Å²) >= 11 is 0. The van der Waals surface area contributed by atoms with Gasteiger partial charge >= 0.3 is 0 Å². The van der Waals surface area contributed by atoms with E-state index in [2.05, 4.69) is 15.3 Å². The molecule has 0 spiro atoms. The first-order valence-corrected chi connectivity index (χ1v) is 7.05. The molecule has 1 fully saturated rings. The summed E-state index contributed by atoms with van der Waals surface area (Å²) < 4.78 is 22.5. The van der Waals surface area contributed by atoms with Gasteiger partial charge in [0.2, 0.25) is 0 Å². The average molecular weight is 244 g/mol. The molecule has 0 saturated carbocycles. The number of sulfone groups is 1. The number of H-pyrrole nitrogens is 1. The highest BCUT2D eigenvalue weighted by Crippen LogP contribution is 2.20. The summed E-state index contributed by atoms with van der Waals surface area (Å²) in [7, 11) is -2.80. The second-order valence-corrected chi connectivity index (χ2v) is 6.46. The topological polar surface area (TPSA) is 101 Å². The van der Waals surface area contributed by atoms with Crippen molar-refractivity contribution in [1.82, 2.24) is 9.97 Å². The predicted octanol–water partition coefficient (Wildman–Crippen LogP) is 0.147. The van der Waals surface area contributed by atoms with Gasteiger partial charge in [-0.3, -0.25) is 0 Å². The van der Waals surface area contributed by atoms with E-state index in [0.29, 0.717) is 23.9 Å². The third-order valence-electron chi connectivity index (χ3n) is 2.74. The maximum atomic E-state index is 11.2. The van der Waals surface area contributed by atoms with Gasteiger partial charge in [0.05, 0.1) is 11.5 Å². The summed E-state index contributed by atoms with van der Waals surface area (Å²) in [5.74, 6) is 2.60. The van der Waals surface area contributed by atoms with Crippen LogP contribution < -0.4 is 11.1 Å². The Morgan fingerprint density at radius 1 is 1.62 bits per heavy atom. The monoisotopic (exact) mass is 244 g/mol. The van der Waals surface area contributed by atoms with Crippen molar-refractivity contribution < 1.29 is 8.42 Å². The minimum absolute atomic E-state index is 0.168. The van der Waals surface area contributed by atoms with Crippen LogP contribution in [0.5, 0.6) is 0 Å². The first-order chi connectivity index (χ1) is 7.46. The van der Waals surface area contributed by atoms with E-state index in [1.54, 1.807) is 0 Å². The molecule has 1 aliphatic heterocycles. The van der Waals surface area contributed by atoms with E-state index in [1.165, 1.54) is 0 Å².